The normalized spacial score (nSPS) is 12.1. The minimum atomic E-state index is -0.976. The van der Waals surface area contributed by atoms with Crippen LogP contribution in [0.1, 0.15) is 33.3 Å². The van der Waals surface area contributed by atoms with Crippen LogP contribution in [0.25, 0.3) is 10.9 Å². The first-order valence-corrected chi connectivity index (χ1v) is 9.60. The van der Waals surface area contributed by atoms with Crippen LogP contribution in [-0.2, 0) is 30.2 Å². The summed E-state index contributed by atoms with van der Waals surface area (Å²) in [7, 11) is 0. The number of fused-ring (bicyclic) bond motifs is 1. The number of benzene rings is 1. The number of alkyl carbamates (subject to hydrolysis) is 1. The summed E-state index contributed by atoms with van der Waals surface area (Å²) in [4.78, 5) is 39.4. The maximum Gasteiger partial charge on any atom is 0.408 e. The number of amides is 1. The highest BCUT2D eigenvalue weighted by atomic mass is 16.6. The number of carbonyl (C=O) groups excluding carboxylic acids is 3. The lowest BCUT2D eigenvalue weighted by atomic mass is 10.1. The van der Waals surface area contributed by atoms with Crippen molar-refractivity contribution in [3.8, 4) is 0 Å². The van der Waals surface area contributed by atoms with E-state index in [1.165, 1.54) is 6.92 Å². The summed E-state index contributed by atoms with van der Waals surface area (Å²) < 4.78 is 15.4. The molecule has 2 N–H and O–H groups in total. The van der Waals surface area contributed by atoms with E-state index in [9.17, 15) is 14.4 Å². The minimum Gasteiger partial charge on any atom is -0.461 e. The summed E-state index contributed by atoms with van der Waals surface area (Å²) in [5.74, 6) is -1.22. The number of nitrogens with one attached hydrogen (secondary N) is 2. The second-order valence-corrected chi connectivity index (χ2v) is 7.85. The summed E-state index contributed by atoms with van der Waals surface area (Å²) in [6.07, 6.45) is 1.27. The first kappa shape index (κ1) is 23.0. The number of esters is 2. The quantitative estimate of drug-likeness (QED) is 0.296. The largest absolute Gasteiger partial charge is 0.461 e. The Bertz CT molecular complexity index is 925. The molecule has 8 nitrogen and oxygen atoms in total. The molecule has 1 heterocycles. The second-order valence-electron chi connectivity index (χ2n) is 7.85. The molecule has 0 aliphatic heterocycles. The highest BCUT2D eigenvalue weighted by molar-refractivity contribution is 5.87. The van der Waals surface area contributed by atoms with E-state index in [0.717, 1.165) is 16.5 Å². The summed E-state index contributed by atoms with van der Waals surface area (Å²) in [5.41, 5.74) is 1.31. The molecule has 1 aromatic heterocycles. The second kappa shape index (κ2) is 9.96. The van der Waals surface area contributed by atoms with Crippen LogP contribution in [0.2, 0.25) is 0 Å². The van der Waals surface area contributed by atoms with E-state index in [2.05, 4.69) is 16.9 Å². The Labute approximate surface area is 175 Å². The van der Waals surface area contributed by atoms with Crippen molar-refractivity contribution in [3.05, 3.63) is 48.2 Å². The van der Waals surface area contributed by atoms with Crippen LogP contribution in [0.3, 0.4) is 0 Å². The number of hydrogen-bond donors (Lipinski definition) is 2. The topological polar surface area (TPSA) is 107 Å². The molecule has 0 spiro atoms. The zero-order valence-electron chi connectivity index (χ0n) is 17.7. The molecular weight excluding hydrogens is 388 g/mol. The van der Waals surface area contributed by atoms with Gasteiger partial charge in [0.2, 0.25) is 0 Å². The lowest BCUT2D eigenvalue weighted by Crippen LogP contribution is -2.45. The molecule has 0 saturated heterocycles. The van der Waals surface area contributed by atoms with Gasteiger partial charge in [0.05, 0.1) is 0 Å². The van der Waals surface area contributed by atoms with Gasteiger partial charge in [-0.15, -0.1) is 0 Å². The fourth-order valence-electron chi connectivity index (χ4n) is 2.66. The Kier molecular flexibility index (Phi) is 7.63. The van der Waals surface area contributed by atoms with Crippen molar-refractivity contribution in [2.24, 2.45) is 0 Å². The molecule has 0 bridgehead atoms. The van der Waals surface area contributed by atoms with Crippen LogP contribution in [0, 0.1) is 0 Å². The Hall–Kier alpha value is -3.29. The molecular formula is C22H28N2O6. The van der Waals surface area contributed by atoms with Gasteiger partial charge in [-0.25, -0.2) is 14.4 Å². The van der Waals surface area contributed by atoms with Crippen molar-refractivity contribution in [2.45, 2.75) is 45.8 Å². The van der Waals surface area contributed by atoms with Gasteiger partial charge in [0.15, 0.2) is 0 Å². The van der Waals surface area contributed by atoms with Gasteiger partial charge >= 0.3 is 18.0 Å². The standard InChI is InChI=1S/C22H28N2O6/c1-14(2)19(25)28-10-11-29-20(26)18(24-21(27)30-22(3,4)5)12-15-13-23-17-9-7-6-8-16(15)17/h6-9,13,18,23H,1,10-12H2,2-5H3,(H,24,27). The Morgan fingerprint density at radius 3 is 2.47 bits per heavy atom. The van der Waals surface area contributed by atoms with Gasteiger partial charge in [0, 0.05) is 29.1 Å². The van der Waals surface area contributed by atoms with Gasteiger partial charge < -0.3 is 24.5 Å². The van der Waals surface area contributed by atoms with Gasteiger partial charge in [0.25, 0.3) is 0 Å². The summed E-state index contributed by atoms with van der Waals surface area (Å²) >= 11 is 0. The van der Waals surface area contributed by atoms with Crippen molar-refractivity contribution in [2.75, 3.05) is 13.2 Å². The summed E-state index contributed by atoms with van der Waals surface area (Å²) in [6.45, 7) is 9.95. The molecule has 2 rings (SSSR count). The Morgan fingerprint density at radius 1 is 1.13 bits per heavy atom. The molecule has 1 amide bonds. The van der Waals surface area contributed by atoms with Crippen molar-refractivity contribution >= 4 is 28.9 Å². The number of para-hydroxylation sites is 1. The molecule has 1 atom stereocenters. The van der Waals surface area contributed by atoms with E-state index >= 15 is 0 Å². The average Bonchev–Trinajstić information content (AvgIpc) is 3.05. The van der Waals surface area contributed by atoms with Gasteiger partial charge in [-0.2, -0.15) is 0 Å². The van der Waals surface area contributed by atoms with Crippen molar-refractivity contribution in [1.82, 2.24) is 10.3 Å². The van der Waals surface area contributed by atoms with Crippen molar-refractivity contribution in [3.63, 3.8) is 0 Å². The predicted octanol–water partition coefficient (Wildman–Crippen LogP) is 3.27. The zero-order chi connectivity index (χ0) is 22.3. The maximum atomic E-state index is 12.6. The Morgan fingerprint density at radius 2 is 1.80 bits per heavy atom. The van der Waals surface area contributed by atoms with E-state index < -0.39 is 29.7 Å². The third-order valence-corrected chi connectivity index (χ3v) is 3.98. The number of H-pyrrole nitrogens is 1. The van der Waals surface area contributed by atoms with Gasteiger partial charge in [-0.1, -0.05) is 24.8 Å². The number of aromatic nitrogens is 1. The number of rotatable bonds is 8. The number of hydrogen-bond acceptors (Lipinski definition) is 6. The maximum absolute atomic E-state index is 12.6. The summed E-state index contributed by atoms with van der Waals surface area (Å²) in [5, 5.41) is 3.51. The lowest BCUT2D eigenvalue weighted by Gasteiger charge is -2.23. The SMILES string of the molecule is C=C(C)C(=O)OCCOC(=O)C(Cc1c[nH]c2ccccc12)NC(=O)OC(C)(C)C. The first-order chi connectivity index (χ1) is 14.1. The highest BCUT2D eigenvalue weighted by Crippen LogP contribution is 2.19. The van der Waals surface area contributed by atoms with Crippen LogP contribution < -0.4 is 5.32 Å². The van der Waals surface area contributed by atoms with E-state index in [0.29, 0.717) is 0 Å². The van der Waals surface area contributed by atoms with Crippen molar-refractivity contribution < 1.29 is 28.6 Å². The number of ether oxygens (including phenoxy) is 3. The van der Waals surface area contributed by atoms with Crippen LogP contribution in [-0.4, -0.2) is 47.9 Å². The monoisotopic (exact) mass is 416 g/mol. The molecule has 1 unspecified atom stereocenters. The van der Waals surface area contributed by atoms with Crippen LogP contribution in [0.4, 0.5) is 4.79 Å². The zero-order valence-corrected chi connectivity index (χ0v) is 17.7. The molecule has 8 heteroatoms. The van der Waals surface area contributed by atoms with Gasteiger partial charge in [-0.3, -0.25) is 0 Å². The van der Waals surface area contributed by atoms with E-state index in [4.69, 9.17) is 14.2 Å². The molecule has 0 radical (unpaired) electrons. The van der Waals surface area contributed by atoms with Gasteiger partial charge in [0.1, 0.15) is 24.9 Å². The predicted molar refractivity (Wildman–Crippen MR) is 112 cm³/mol. The molecule has 1 aromatic carbocycles. The molecule has 0 fully saturated rings. The number of aromatic amines is 1. The lowest BCUT2D eigenvalue weighted by molar-refractivity contribution is -0.151. The van der Waals surface area contributed by atoms with E-state index in [-0.39, 0.29) is 25.2 Å². The fourth-order valence-corrected chi connectivity index (χ4v) is 2.66. The smallest absolute Gasteiger partial charge is 0.408 e. The van der Waals surface area contributed by atoms with Gasteiger partial charge in [-0.05, 0) is 39.3 Å². The molecule has 162 valence electrons. The van der Waals surface area contributed by atoms with Crippen molar-refractivity contribution in [1.29, 1.82) is 0 Å². The van der Waals surface area contributed by atoms with E-state index in [1.54, 1.807) is 27.0 Å². The minimum absolute atomic E-state index is 0.107. The summed E-state index contributed by atoms with van der Waals surface area (Å²) in [6, 6.07) is 6.66. The van der Waals surface area contributed by atoms with Crippen LogP contribution in [0.5, 0.6) is 0 Å². The third kappa shape index (κ3) is 6.95. The highest BCUT2D eigenvalue weighted by Gasteiger charge is 2.27. The van der Waals surface area contributed by atoms with Crippen LogP contribution in [0.15, 0.2) is 42.6 Å². The molecule has 0 saturated carbocycles. The molecule has 0 aliphatic carbocycles. The molecule has 30 heavy (non-hydrogen) atoms. The first-order valence-electron chi connectivity index (χ1n) is 9.60. The molecule has 0 aliphatic rings. The van der Waals surface area contributed by atoms with E-state index in [1.807, 2.05) is 24.3 Å². The number of carbonyl (C=O) groups is 3. The Balaban J connectivity index is 2.06. The fraction of sp³-hybridized carbons (Fsp3) is 0.409. The molecule has 2 aromatic rings. The average molecular weight is 416 g/mol. The third-order valence-electron chi connectivity index (χ3n) is 3.98. The van der Waals surface area contributed by atoms with Crippen LogP contribution >= 0.6 is 0 Å².